The number of rotatable bonds is 3. The van der Waals surface area contributed by atoms with Gasteiger partial charge in [0.1, 0.15) is 5.60 Å². The number of likely N-dealkylation sites (tertiary alicyclic amines) is 1. The maximum absolute atomic E-state index is 11.9. The lowest BCUT2D eigenvalue weighted by molar-refractivity contribution is -0.143. The van der Waals surface area contributed by atoms with E-state index < -0.39 is 17.7 Å². The average Bonchev–Trinajstić information content (AvgIpc) is 2.36. The molecule has 1 atom stereocenters. The van der Waals surface area contributed by atoms with E-state index in [1.807, 2.05) is 20.8 Å². The van der Waals surface area contributed by atoms with E-state index in [2.05, 4.69) is 4.74 Å². The quantitative estimate of drug-likeness (QED) is 0.797. The molecule has 6 heteroatoms. The Morgan fingerprint density at radius 1 is 1.30 bits per heavy atom. The Hall–Kier alpha value is -1.30. The van der Waals surface area contributed by atoms with E-state index in [1.54, 1.807) is 4.90 Å². The predicted molar refractivity (Wildman–Crippen MR) is 73.2 cm³/mol. The summed E-state index contributed by atoms with van der Waals surface area (Å²) in [6.45, 7) is 6.57. The molecule has 1 rings (SSSR count). The summed E-state index contributed by atoms with van der Waals surface area (Å²) in [5.41, 5.74) is -0.502. The molecule has 0 aromatic rings. The zero-order valence-corrected chi connectivity index (χ0v) is 12.7. The third kappa shape index (κ3) is 5.36. The normalized spacial score (nSPS) is 18.6. The van der Waals surface area contributed by atoms with Crippen LogP contribution in [0.2, 0.25) is 0 Å². The zero-order chi connectivity index (χ0) is 15.3. The number of carbonyl (C=O) groups excluding carboxylic acids is 2. The van der Waals surface area contributed by atoms with Crippen molar-refractivity contribution >= 4 is 12.1 Å². The molecule has 0 spiro atoms. The number of carbonyl (C=O) groups is 2. The van der Waals surface area contributed by atoms with Crippen LogP contribution in [0, 0.1) is 5.92 Å². The monoisotopic (exact) mass is 287 g/mol. The van der Waals surface area contributed by atoms with Crippen LogP contribution in [0.1, 0.15) is 40.0 Å². The molecule has 1 fully saturated rings. The Balaban J connectivity index is 2.39. The molecule has 1 saturated heterocycles. The van der Waals surface area contributed by atoms with Gasteiger partial charge in [-0.1, -0.05) is 0 Å². The number of methoxy groups -OCH3 is 1. The van der Waals surface area contributed by atoms with Crippen LogP contribution in [-0.2, 0) is 14.3 Å². The highest BCUT2D eigenvalue weighted by atomic mass is 16.6. The molecule has 6 nitrogen and oxygen atoms in total. The van der Waals surface area contributed by atoms with Gasteiger partial charge in [0, 0.05) is 13.1 Å². The maximum Gasteiger partial charge on any atom is 0.410 e. The number of esters is 1. The minimum atomic E-state index is -0.705. The van der Waals surface area contributed by atoms with Gasteiger partial charge < -0.3 is 19.5 Å². The number of amides is 1. The Morgan fingerprint density at radius 3 is 2.30 bits per heavy atom. The molecule has 0 aromatic carbocycles. The molecule has 20 heavy (non-hydrogen) atoms. The van der Waals surface area contributed by atoms with E-state index in [9.17, 15) is 14.7 Å². The minimum Gasteiger partial charge on any atom is -0.469 e. The lowest BCUT2D eigenvalue weighted by atomic mass is 9.90. The van der Waals surface area contributed by atoms with E-state index in [1.165, 1.54) is 7.11 Å². The number of nitrogens with zero attached hydrogens (tertiary/aromatic N) is 1. The van der Waals surface area contributed by atoms with Crippen LogP contribution in [0.5, 0.6) is 0 Å². The molecule has 0 aromatic heterocycles. The Labute approximate surface area is 120 Å². The first-order valence-corrected chi connectivity index (χ1v) is 6.95. The number of piperidine rings is 1. The highest BCUT2D eigenvalue weighted by Crippen LogP contribution is 2.24. The van der Waals surface area contributed by atoms with Crippen LogP contribution in [0.25, 0.3) is 0 Å². The summed E-state index contributed by atoms with van der Waals surface area (Å²) >= 11 is 0. The predicted octanol–water partition coefficient (Wildman–Crippen LogP) is 1.56. The largest absolute Gasteiger partial charge is 0.469 e. The van der Waals surface area contributed by atoms with Crippen molar-refractivity contribution < 1.29 is 24.2 Å². The molecule has 0 radical (unpaired) electrons. The average molecular weight is 287 g/mol. The molecular weight excluding hydrogens is 262 g/mol. The van der Waals surface area contributed by atoms with Gasteiger partial charge in [0.15, 0.2) is 0 Å². The van der Waals surface area contributed by atoms with Crippen molar-refractivity contribution in [2.75, 3.05) is 20.2 Å². The van der Waals surface area contributed by atoms with Crippen molar-refractivity contribution in [1.82, 2.24) is 4.90 Å². The van der Waals surface area contributed by atoms with E-state index in [-0.39, 0.29) is 18.4 Å². The summed E-state index contributed by atoms with van der Waals surface area (Å²) in [4.78, 5) is 24.7. The van der Waals surface area contributed by atoms with Gasteiger partial charge >= 0.3 is 12.1 Å². The molecule has 116 valence electrons. The topological polar surface area (TPSA) is 76.1 Å². The molecule has 1 unspecified atom stereocenters. The fourth-order valence-corrected chi connectivity index (χ4v) is 2.21. The number of hydrogen-bond donors (Lipinski definition) is 1. The van der Waals surface area contributed by atoms with E-state index in [0.717, 1.165) is 0 Å². The van der Waals surface area contributed by atoms with Gasteiger partial charge in [-0.2, -0.15) is 0 Å². The van der Waals surface area contributed by atoms with Crippen LogP contribution >= 0.6 is 0 Å². The smallest absolute Gasteiger partial charge is 0.410 e. The lowest BCUT2D eigenvalue weighted by Crippen LogP contribution is -2.43. The lowest BCUT2D eigenvalue weighted by Gasteiger charge is -2.34. The molecule has 0 saturated carbocycles. The molecule has 1 amide bonds. The number of hydrogen-bond acceptors (Lipinski definition) is 5. The van der Waals surface area contributed by atoms with Crippen LogP contribution in [0.4, 0.5) is 4.79 Å². The van der Waals surface area contributed by atoms with Crippen LogP contribution in [-0.4, -0.2) is 54.0 Å². The Morgan fingerprint density at radius 2 is 1.85 bits per heavy atom. The van der Waals surface area contributed by atoms with Gasteiger partial charge in [-0.05, 0) is 39.5 Å². The summed E-state index contributed by atoms with van der Waals surface area (Å²) in [7, 11) is 1.31. The summed E-state index contributed by atoms with van der Waals surface area (Å²) in [6.07, 6.45) is 0.309. The fraction of sp³-hybridized carbons (Fsp3) is 0.857. The van der Waals surface area contributed by atoms with Gasteiger partial charge in [-0.3, -0.25) is 4.79 Å². The second-order valence-electron chi connectivity index (χ2n) is 6.15. The molecule has 1 aliphatic rings. The maximum atomic E-state index is 11.9. The highest BCUT2D eigenvalue weighted by molar-refractivity contribution is 5.70. The molecule has 1 aliphatic heterocycles. The summed E-state index contributed by atoms with van der Waals surface area (Å²) < 4.78 is 9.85. The van der Waals surface area contributed by atoms with Gasteiger partial charge in [0.05, 0.1) is 19.6 Å². The number of ether oxygens (including phenoxy) is 2. The van der Waals surface area contributed by atoms with Gasteiger partial charge in [0.25, 0.3) is 0 Å². The van der Waals surface area contributed by atoms with Crippen LogP contribution in [0.15, 0.2) is 0 Å². The second-order valence-corrected chi connectivity index (χ2v) is 6.15. The molecule has 1 N–H and O–H groups in total. The molecule has 0 aliphatic carbocycles. The van der Waals surface area contributed by atoms with Gasteiger partial charge in [-0.25, -0.2) is 4.79 Å². The van der Waals surface area contributed by atoms with Crippen molar-refractivity contribution in [3.05, 3.63) is 0 Å². The third-order valence-electron chi connectivity index (χ3n) is 3.34. The van der Waals surface area contributed by atoms with Crippen molar-refractivity contribution in [3.8, 4) is 0 Å². The second kappa shape index (κ2) is 6.92. The van der Waals surface area contributed by atoms with Crippen LogP contribution < -0.4 is 0 Å². The summed E-state index contributed by atoms with van der Waals surface area (Å²) in [5.74, 6) is -0.389. The summed E-state index contributed by atoms with van der Waals surface area (Å²) in [6, 6.07) is 0. The standard InChI is InChI=1S/C14H25NO5/c1-14(2,3)20-13(18)15-7-5-10(6-8-15)11(16)9-12(17)19-4/h10-11,16H,5-9H2,1-4H3. The fourth-order valence-electron chi connectivity index (χ4n) is 2.21. The molecular formula is C14H25NO5. The molecule has 0 bridgehead atoms. The first kappa shape index (κ1) is 16.8. The van der Waals surface area contributed by atoms with Crippen molar-refractivity contribution in [2.24, 2.45) is 5.92 Å². The number of aliphatic hydroxyl groups is 1. The van der Waals surface area contributed by atoms with Crippen molar-refractivity contribution in [3.63, 3.8) is 0 Å². The van der Waals surface area contributed by atoms with Crippen molar-refractivity contribution in [1.29, 1.82) is 0 Å². The third-order valence-corrected chi connectivity index (χ3v) is 3.34. The first-order valence-electron chi connectivity index (χ1n) is 6.95. The van der Waals surface area contributed by atoms with Gasteiger partial charge in [-0.15, -0.1) is 0 Å². The first-order chi connectivity index (χ1) is 9.23. The Kier molecular flexibility index (Phi) is 5.80. The highest BCUT2D eigenvalue weighted by Gasteiger charge is 2.30. The van der Waals surface area contributed by atoms with E-state index in [4.69, 9.17) is 4.74 Å². The Bertz CT molecular complexity index is 342. The van der Waals surface area contributed by atoms with Gasteiger partial charge in [0.2, 0.25) is 0 Å². The molecule has 1 heterocycles. The number of aliphatic hydroxyl groups excluding tert-OH is 1. The van der Waals surface area contributed by atoms with E-state index in [0.29, 0.717) is 25.9 Å². The SMILES string of the molecule is COC(=O)CC(O)C1CCN(C(=O)OC(C)(C)C)CC1. The van der Waals surface area contributed by atoms with Crippen LogP contribution in [0.3, 0.4) is 0 Å². The minimum absolute atomic E-state index is 0.00754. The summed E-state index contributed by atoms with van der Waals surface area (Å²) in [5, 5.41) is 9.95. The van der Waals surface area contributed by atoms with Crippen molar-refractivity contribution in [2.45, 2.75) is 51.7 Å². The van der Waals surface area contributed by atoms with E-state index >= 15 is 0 Å². The zero-order valence-electron chi connectivity index (χ0n) is 12.7.